The number of benzene rings is 1. The van der Waals surface area contributed by atoms with Crippen LogP contribution >= 0.6 is 0 Å². The molecule has 2 aromatic rings. The number of sulfonamides is 1. The van der Waals surface area contributed by atoms with Crippen molar-refractivity contribution >= 4 is 10.0 Å². The Kier molecular flexibility index (Phi) is 4.82. The SMILES string of the molecule is Cc1cccc(Oc2cncc(C3CCCN(S(C)(=O)=O)C3)n2)c1. The van der Waals surface area contributed by atoms with Gasteiger partial charge >= 0.3 is 0 Å². The van der Waals surface area contributed by atoms with Crippen LogP contribution < -0.4 is 4.74 Å². The van der Waals surface area contributed by atoms with Crippen molar-refractivity contribution in [2.24, 2.45) is 0 Å². The van der Waals surface area contributed by atoms with Gasteiger partial charge in [-0.05, 0) is 37.5 Å². The van der Waals surface area contributed by atoms with E-state index in [1.807, 2.05) is 31.2 Å². The highest BCUT2D eigenvalue weighted by Gasteiger charge is 2.28. The van der Waals surface area contributed by atoms with Gasteiger partial charge in [0, 0.05) is 25.2 Å². The van der Waals surface area contributed by atoms with Gasteiger partial charge in [-0.2, -0.15) is 0 Å². The van der Waals surface area contributed by atoms with Crippen LogP contribution in [0.3, 0.4) is 0 Å². The Hall–Kier alpha value is -1.99. The van der Waals surface area contributed by atoms with Gasteiger partial charge in [-0.3, -0.25) is 4.98 Å². The van der Waals surface area contributed by atoms with Gasteiger partial charge in [0.25, 0.3) is 0 Å². The van der Waals surface area contributed by atoms with Crippen molar-refractivity contribution in [1.82, 2.24) is 14.3 Å². The molecule has 128 valence electrons. The minimum absolute atomic E-state index is 0.0436. The van der Waals surface area contributed by atoms with Crippen molar-refractivity contribution < 1.29 is 13.2 Å². The number of aromatic nitrogens is 2. The van der Waals surface area contributed by atoms with Gasteiger partial charge in [0.15, 0.2) is 0 Å². The van der Waals surface area contributed by atoms with Crippen molar-refractivity contribution in [3.05, 3.63) is 47.9 Å². The minimum atomic E-state index is -3.18. The Morgan fingerprint density at radius 2 is 2.12 bits per heavy atom. The van der Waals surface area contributed by atoms with E-state index in [0.29, 0.717) is 24.7 Å². The molecule has 1 aliphatic rings. The molecule has 1 aromatic heterocycles. The number of piperidine rings is 1. The molecular weight excluding hydrogens is 326 g/mol. The molecule has 1 unspecified atom stereocenters. The van der Waals surface area contributed by atoms with Gasteiger partial charge in [-0.15, -0.1) is 0 Å². The van der Waals surface area contributed by atoms with Gasteiger partial charge in [-0.1, -0.05) is 12.1 Å². The molecule has 24 heavy (non-hydrogen) atoms. The standard InChI is InChI=1S/C17H21N3O3S/c1-13-5-3-7-15(9-13)23-17-11-18-10-16(19-17)14-6-4-8-20(12-14)24(2,21)22/h3,5,7,9-11,14H,4,6,8,12H2,1-2H3. The lowest BCUT2D eigenvalue weighted by atomic mass is 9.96. The summed E-state index contributed by atoms with van der Waals surface area (Å²) >= 11 is 0. The molecule has 0 saturated carbocycles. The van der Waals surface area contributed by atoms with Gasteiger partial charge in [-0.25, -0.2) is 17.7 Å². The summed E-state index contributed by atoms with van der Waals surface area (Å²) in [5.74, 6) is 1.18. The molecule has 1 fully saturated rings. The van der Waals surface area contributed by atoms with Crippen LogP contribution in [0.15, 0.2) is 36.7 Å². The molecule has 0 N–H and O–H groups in total. The predicted molar refractivity (Wildman–Crippen MR) is 91.7 cm³/mol. The fraction of sp³-hybridized carbons (Fsp3) is 0.412. The number of ether oxygens (including phenoxy) is 1. The smallest absolute Gasteiger partial charge is 0.238 e. The molecule has 0 bridgehead atoms. The van der Waals surface area contributed by atoms with Gasteiger partial charge in [0.1, 0.15) is 5.75 Å². The van der Waals surface area contributed by atoms with Gasteiger partial charge in [0.2, 0.25) is 15.9 Å². The van der Waals surface area contributed by atoms with E-state index in [2.05, 4.69) is 9.97 Å². The van der Waals surface area contributed by atoms with E-state index in [0.717, 1.165) is 24.1 Å². The van der Waals surface area contributed by atoms with Crippen molar-refractivity contribution in [3.63, 3.8) is 0 Å². The Labute approximate surface area is 142 Å². The molecule has 0 amide bonds. The highest BCUT2D eigenvalue weighted by molar-refractivity contribution is 7.88. The molecule has 7 heteroatoms. The lowest BCUT2D eigenvalue weighted by Gasteiger charge is -2.30. The van der Waals surface area contributed by atoms with E-state index in [1.165, 1.54) is 10.6 Å². The number of aryl methyl sites for hydroxylation is 1. The van der Waals surface area contributed by atoms with Crippen LogP contribution in [-0.4, -0.2) is 42.0 Å². The van der Waals surface area contributed by atoms with Crippen LogP contribution in [0.25, 0.3) is 0 Å². The predicted octanol–water partition coefficient (Wildman–Crippen LogP) is 2.72. The third-order valence-electron chi connectivity index (χ3n) is 4.11. The van der Waals surface area contributed by atoms with Crippen molar-refractivity contribution in [2.75, 3.05) is 19.3 Å². The summed E-state index contributed by atoms with van der Waals surface area (Å²) in [6.45, 7) is 3.01. The van der Waals surface area contributed by atoms with E-state index in [-0.39, 0.29) is 5.92 Å². The zero-order chi connectivity index (χ0) is 17.2. The van der Waals surface area contributed by atoms with E-state index >= 15 is 0 Å². The zero-order valence-corrected chi connectivity index (χ0v) is 14.7. The molecule has 1 atom stereocenters. The molecule has 6 nitrogen and oxygen atoms in total. The summed E-state index contributed by atoms with van der Waals surface area (Å²) in [4.78, 5) is 8.74. The minimum Gasteiger partial charge on any atom is -0.437 e. The largest absolute Gasteiger partial charge is 0.437 e. The van der Waals surface area contributed by atoms with Crippen molar-refractivity contribution in [1.29, 1.82) is 0 Å². The van der Waals surface area contributed by atoms with Crippen LogP contribution in [-0.2, 0) is 10.0 Å². The molecule has 0 radical (unpaired) electrons. The first-order chi connectivity index (χ1) is 11.4. The Balaban J connectivity index is 1.77. The number of nitrogens with zero attached hydrogens (tertiary/aromatic N) is 3. The van der Waals surface area contributed by atoms with Crippen LogP contribution in [0, 0.1) is 6.92 Å². The Morgan fingerprint density at radius 3 is 2.88 bits per heavy atom. The lowest BCUT2D eigenvalue weighted by Crippen LogP contribution is -2.38. The average molecular weight is 347 g/mol. The summed E-state index contributed by atoms with van der Waals surface area (Å²) in [5.41, 5.74) is 1.88. The van der Waals surface area contributed by atoms with Crippen molar-refractivity contribution in [3.8, 4) is 11.6 Å². The molecule has 1 saturated heterocycles. The highest BCUT2D eigenvalue weighted by atomic mass is 32.2. The third kappa shape index (κ3) is 4.10. The first kappa shape index (κ1) is 16.9. The Morgan fingerprint density at radius 1 is 1.29 bits per heavy atom. The topological polar surface area (TPSA) is 72.4 Å². The van der Waals surface area contributed by atoms with Gasteiger partial charge in [0.05, 0.1) is 18.1 Å². The second kappa shape index (κ2) is 6.86. The molecule has 1 aliphatic heterocycles. The van der Waals surface area contributed by atoms with Gasteiger partial charge < -0.3 is 4.74 Å². The van der Waals surface area contributed by atoms with Crippen LogP contribution in [0.1, 0.15) is 30.0 Å². The summed E-state index contributed by atoms with van der Waals surface area (Å²) < 4.78 is 30.8. The third-order valence-corrected chi connectivity index (χ3v) is 5.38. The van der Waals surface area contributed by atoms with E-state index in [4.69, 9.17) is 4.74 Å². The summed E-state index contributed by atoms with van der Waals surface area (Å²) in [5, 5.41) is 0. The molecule has 2 heterocycles. The Bertz CT molecular complexity index is 823. The summed E-state index contributed by atoms with van der Waals surface area (Å²) in [6.07, 6.45) is 6.23. The summed E-state index contributed by atoms with van der Waals surface area (Å²) in [6, 6.07) is 7.72. The summed E-state index contributed by atoms with van der Waals surface area (Å²) in [7, 11) is -3.18. The number of rotatable bonds is 4. The molecular formula is C17H21N3O3S. The monoisotopic (exact) mass is 347 g/mol. The first-order valence-corrected chi connectivity index (χ1v) is 9.78. The van der Waals surface area contributed by atoms with E-state index in [1.54, 1.807) is 12.4 Å². The zero-order valence-electron chi connectivity index (χ0n) is 13.8. The maximum Gasteiger partial charge on any atom is 0.238 e. The second-order valence-electron chi connectivity index (χ2n) is 6.16. The highest BCUT2D eigenvalue weighted by Crippen LogP contribution is 2.28. The lowest BCUT2D eigenvalue weighted by molar-refractivity contribution is 0.312. The quantitative estimate of drug-likeness (QED) is 0.850. The number of hydrogen-bond donors (Lipinski definition) is 0. The number of hydrogen-bond acceptors (Lipinski definition) is 5. The van der Waals surface area contributed by atoms with Crippen molar-refractivity contribution in [2.45, 2.75) is 25.7 Å². The van der Waals surface area contributed by atoms with Crippen LogP contribution in [0.5, 0.6) is 11.6 Å². The first-order valence-electron chi connectivity index (χ1n) is 7.93. The van der Waals surface area contributed by atoms with E-state index < -0.39 is 10.0 Å². The fourth-order valence-corrected chi connectivity index (χ4v) is 3.80. The van der Waals surface area contributed by atoms with E-state index in [9.17, 15) is 8.42 Å². The molecule has 1 aromatic carbocycles. The average Bonchev–Trinajstić information content (AvgIpc) is 2.54. The van der Waals surface area contributed by atoms with Crippen LogP contribution in [0.2, 0.25) is 0 Å². The fourth-order valence-electron chi connectivity index (χ4n) is 2.89. The van der Waals surface area contributed by atoms with Crippen LogP contribution in [0.4, 0.5) is 0 Å². The molecule has 0 aliphatic carbocycles. The maximum atomic E-state index is 11.8. The molecule has 0 spiro atoms. The second-order valence-corrected chi connectivity index (χ2v) is 8.14. The maximum absolute atomic E-state index is 11.8. The molecule has 3 rings (SSSR count). The normalized spacial score (nSPS) is 19.2.